The molecule has 0 rings (SSSR count). The van der Waals surface area contributed by atoms with Crippen LogP contribution < -0.4 is 0 Å². The van der Waals surface area contributed by atoms with Crippen molar-refractivity contribution < 1.29 is 5.11 Å². The molecule has 0 saturated carbocycles. The van der Waals surface area contributed by atoms with Crippen molar-refractivity contribution in [3.8, 4) is 5.92 Å². The lowest BCUT2D eigenvalue weighted by Gasteiger charge is -2.34. The van der Waals surface area contributed by atoms with Gasteiger partial charge in [0.2, 0.25) is 0 Å². The summed E-state index contributed by atoms with van der Waals surface area (Å²) in [6.45, 7) is 7.56. The normalized spacial score (nSPS) is 17.6. The van der Waals surface area contributed by atoms with Gasteiger partial charge in [-0.1, -0.05) is 33.6 Å². The second-order valence-corrected chi connectivity index (χ2v) is 3.59. The Morgan fingerprint density at radius 2 is 1.80 bits per heavy atom. The average molecular weight is 139 g/mol. The first-order valence-electron chi connectivity index (χ1n) is 3.53. The molecule has 1 N–H and O–H groups in total. The molecular formula is C9H15O. The quantitative estimate of drug-likeness (QED) is 0.549. The number of hydrogen-bond acceptors (Lipinski definition) is 1. The van der Waals surface area contributed by atoms with E-state index in [4.69, 9.17) is 6.42 Å². The molecule has 0 spiro atoms. The molecule has 0 bridgehead atoms. The number of aliphatic hydroxyl groups is 1. The van der Waals surface area contributed by atoms with Gasteiger partial charge in [-0.2, -0.15) is 0 Å². The van der Waals surface area contributed by atoms with Crippen LogP contribution in [0.2, 0.25) is 0 Å². The Kier molecular flexibility index (Phi) is 2.51. The SMILES string of the molecule is [C]#CC(O)(CC)C(C)(C)C. The highest BCUT2D eigenvalue weighted by atomic mass is 16.3. The Hall–Kier alpha value is -0.480. The van der Waals surface area contributed by atoms with Gasteiger partial charge in [0.1, 0.15) is 5.60 Å². The van der Waals surface area contributed by atoms with E-state index in [1.165, 1.54) is 0 Å². The molecule has 10 heavy (non-hydrogen) atoms. The second-order valence-electron chi connectivity index (χ2n) is 3.59. The van der Waals surface area contributed by atoms with Gasteiger partial charge in [-0.15, -0.1) is 0 Å². The van der Waals surface area contributed by atoms with E-state index in [1.807, 2.05) is 27.7 Å². The minimum atomic E-state index is -1.06. The Labute approximate surface area is 63.5 Å². The van der Waals surface area contributed by atoms with Crippen molar-refractivity contribution in [3.63, 3.8) is 0 Å². The standard InChI is InChI=1S/C9H15O/c1-6-9(10,7-2)8(3,4)5/h10H,6H2,1,3-5H3. The van der Waals surface area contributed by atoms with Crippen LogP contribution in [-0.4, -0.2) is 10.7 Å². The molecule has 1 nitrogen and oxygen atoms in total. The third-order valence-electron chi connectivity index (χ3n) is 1.96. The Morgan fingerprint density at radius 3 is 1.80 bits per heavy atom. The van der Waals surface area contributed by atoms with Gasteiger partial charge in [-0.25, -0.2) is 0 Å². The van der Waals surface area contributed by atoms with Crippen LogP contribution in [0.5, 0.6) is 0 Å². The van der Waals surface area contributed by atoms with Crippen molar-refractivity contribution in [3.05, 3.63) is 6.42 Å². The van der Waals surface area contributed by atoms with Crippen LogP contribution in [0.15, 0.2) is 0 Å². The van der Waals surface area contributed by atoms with Gasteiger partial charge in [0.05, 0.1) is 0 Å². The van der Waals surface area contributed by atoms with Crippen molar-refractivity contribution in [2.75, 3.05) is 0 Å². The summed E-state index contributed by atoms with van der Waals surface area (Å²) in [5.41, 5.74) is -1.35. The van der Waals surface area contributed by atoms with Gasteiger partial charge in [0.25, 0.3) is 0 Å². The van der Waals surface area contributed by atoms with Crippen LogP contribution in [0.3, 0.4) is 0 Å². The molecule has 1 heteroatoms. The van der Waals surface area contributed by atoms with Gasteiger partial charge in [-0.05, 0) is 12.8 Å². The molecule has 0 amide bonds. The molecule has 0 aromatic rings. The largest absolute Gasteiger partial charge is 0.377 e. The lowest BCUT2D eigenvalue weighted by atomic mass is 9.75. The molecule has 0 aromatic heterocycles. The van der Waals surface area contributed by atoms with E-state index >= 15 is 0 Å². The predicted octanol–water partition coefficient (Wildman–Crippen LogP) is 1.76. The summed E-state index contributed by atoms with van der Waals surface area (Å²) in [5.74, 6) is 2.17. The van der Waals surface area contributed by atoms with Crippen molar-refractivity contribution in [2.24, 2.45) is 5.41 Å². The lowest BCUT2D eigenvalue weighted by molar-refractivity contribution is -0.00766. The van der Waals surface area contributed by atoms with E-state index in [0.29, 0.717) is 6.42 Å². The molecule has 0 aliphatic heterocycles. The monoisotopic (exact) mass is 139 g/mol. The van der Waals surface area contributed by atoms with Crippen LogP contribution in [0, 0.1) is 17.8 Å². The molecule has 1 unspecified atom stereocenters. The molecule has 0 aromatic carbocycles. The lowest BCUT2D eigenvalue weighted by Crippen LogP contribution is -2.40. The maximum atomic E-state index is 9.67. The maximum absolute atomic E-state index is 9.67. The Bertz CT molecular complexity index is 147. The third-order valence-corrected chi connectivity index (χ3v) is 1.96. The summed E-state index contributed by atoms with van der Waals surface area (Å²) in [6.07, 6.45) is 7.45. The van der Waals surface area contributed by atoms with Crippen molar-refractivity contribution in [1.82, 2.24) is 0 Å². The second kappa shape index (κ2) is 2.64. The summed E-state index contributed by atoms with van der Waals surface area (Å²) in [4.78, 5) is 0. The highest BCUT2D eigenvalue weighted by molar-refractivity contribution is 5.09. The van der Waals surface area contributed by atoms with Gasteiger partial charge in [0.15, 0.2) is 0 Å². The van der Waals surface area contributed by atoms with E-state index in [1.54, 1.807) is 0 Å². The fourth-order valence-electron chi connectivity index (χ4n) is 0.806. The molecule has 0 heterocycles. The van der Waals surface area contributed by atoms with Gasteiger partial charge < -0.3 is 5.11 Å². The minimum Gasteiger partial charge on any atom is -0.377 e. The highest BCUT2D eigenvalue weighted by Gasteiger charge is 2.36. The minimum absolute atomic E-state index is 0.288. The molecule has 0 aliphatic carbocycles. The van der Waals surface area contributed by atoms with Crippen molar-refractivity contribution in [1.29, 1.82) is 0 Å². The summed E-state index contributed by atoms with van der Waals surface area (Å²) >= 11 is 0. The highest BCUT2D eigenvalue weighted by Crippen LogP contribution is 2.31. The first-order chi connectivity index (χ1) is 4.37. The van der Waals surface area contributed by atoms with Crippen molar-refractivity contribution in [2.45, 2.75) is 39.7 Å². The van der Waals surface area contributed by atoms with E-state index in [0.717, 1.165) is 0 Å². The van der Waals surface area contributed by atoms with Crippen LogP contribution in [0.4, 0.5) is 0 Å². The molecular weight excluding hydrogens is 124 g/mol. The van der Waals surface area contributed by atoms with E-state index < -0.39 is 5.60 Å². The predicted molar refractivity (Wildman–Crippen MR) is 41.8 cm³/mol. The maximum Gasteiger partial charge on any atom is 0.131 e. The number of rotatable bonds is 1. The molecule has 0 fully saturated rings. The molecule has 1 atom stereocenters. The molecule has 0 aliphatic rings. The third kappa shape index (κ3) is 1.52. The van der Waals surface area contributed by atoms with E-state index in [2.05, 4.69) is 5.92 Å². The first-order valence-corrected chi connectivity index (χ1v) is 3.53. The Balaban J connectivity index is 4.54. The molecule has 57 valence electrons. The average Bonchev–Trinajstić information content (AvgIpc) is 1.84. The van der Waals surface area contributed by atoms with Gasteiger partial charge in [-0.3, -0.25) is 0 Å². The van der Waals surface area contributed by atoms with E-state index in [-0.39, 0.29) is 5.41 Å². The van der Waals surface area contributed by atoms with Crippen LogP contribution in [0.25, 0.3) is 0 Å². The molecule has 1 radical (unpaired) electrons. The first kappa shape index (κ1) is 9.52. The van der Waals surface area contributed by atoms with Crippen molar-refractivity contribution >= 4 is 0 Å². The summed E-state index contributed by atoms with van der Waals surface area (Å²) < 4.78 is 0. The zero-order chi connectivity index (χ0) is 8.41. The molecule has 0 saturated heterocycles. The van der Waals surface area contributed by atoms with Crippen LogP contribution in [-0.2, 0) is 0 Å². The zero-order valence-electron chi connectivity index (χ0n) is 7.15. The van der Waals surface area contributed by atoms with E-state index in [9.17, 15) is 5.11 Å². The zero-order valence-corrected chi connectivity index (χ0v) is 7.15. The van der Waals surface area contributed by atoms with Crippen LogP contribution in [0.1, 0.15) is 34.1 Å². The topological polar surface area (TPSA) is 20.2 Å². The fourth-order valence-corrected chi connectivity index (χ4v) is 0.806. The number of hydrogen-bond donors (Lipinski definition) is 1. The fraction of sp³-hybridized carbons (Fsp3) is 0.778. The summed E-state index contributed by atoms with van der Waals surface area (Å²) in [6, 6.07) is 0. The van der Waals surface area contributed by atoms with Gasteiger partial charge in [0, 0.05) is 5.41 Å². The Morgan fingerprint density at radius 1 is 1.40 bits per heavy atom. The van der Waals surface area contributed by atoms with Crippen LogP contribution >= 0.6 is 0 Å². The van der Waals surface area contributed by atoms with Gasteiger partial charge >= 0.3 is 0 Å². The summed E-state index contributed by atoms with van der Waals surface area (Å²) in [7, 11) is 0. The smallest absolute Gasteiger partial charge is 0.131 e. The summed E-state index contributed by atoms with van der Waals surface area (Å²) in [5, 5.41) is 9.67.